The van der Waals surface area contributed by atoms with Gasteiger partial charge in [-0.05, 0) is 54.6 Å². The Bertz CT molecular complexity index is 1420. The summed E-state index contributed by atoms with van der Waals surface area (Å²) in [4.78, 5) is 15.9. The molecule has 5 rings (SSSR count). The fraction of sp³-hybridized carbons (Fsp3) is 0.0870. The Morgan fingerprint density at radius 3 is 2.53 bits per heavy atom. The van der Waals surface area contributed by atoms with Gasteiger partial charge in [0.1, 0.15) is 28.8 Å². The molecule has 2 aromatic heterocycles. The molecule has 32 heavy (non-hydrogen) atoms. The zero-order valence-electron chi connectivity index (χ0n) is 16.9. The van der Waals surface area contributed by atoms with Gasteiger partial charge < -0.3 is 25.2 Å². The van der Waals surface area contributed by atoms with Gasteiger partial charge in [0, 0.05) is 10.6 Å². The summed E-state index contributed by atoms with van der Waals surface area (Å²) in [6.45, 7) is 0.0466. The van der Waals surface area contributed by atoms with Gasteiger partial charge >= 0.3 is 0 Å². The third-order valence-electron chi connectivity index (χ3n) is 4.96. The molecule has 0 unspecified atom stereocenters. The molecule has 5 aromatic rings. The molecule has 0 amide bonds. The predicted molar refractivity (Wildman–Crippen MR) is 124 cm³/mol. The lowest BCUT2D eigenvalue weighted by atomic mass is 10.2. The standard InChI is InChI=1S/C23H19ClN6O2/c24-14-5-7-15(8-6-14)31-12-32-19-3-1-2-17-22(19)30-21(28-17)11-20-27-16-9-4-13(23(25)26)10-18(16)29-20/h1-10H,11-12H2,(H3,25,26)(H,27,29)(H,28,30). The molecule has 5 N–H and O–H groups in total. The van der Waals surface area contributed by atoms with Crippen molar-refractivity contribution in [2.45, 2.75) is 6.42 Å². The van der Waals surface area contributed by atoms with Crippen LogP contribution >= 0.6 is 11.6 Å². The maximum Gasteiger partial charge on any atom is 0.231 e. The van der Waals surface area contributed by atoms with E-state index in [9.17, 15) is 0 Å². The third-order valence-corrected chi connectivity index (χ3v) is 5.21. The van der Waals surface area contributed by atoms with E-state index in [-0.39, 0.29) is 12.6 Å². The Morgan fingerprint density at radius 2 is 1.72 bits per heavy atom. The highest BCUT2D eigenvalue weighted by Gasteiger charge is 2.12. The maximum absolute atomic E-state index is 7.59. The van der Waals surface area contributed by atoms with Crippen LogP contribution in [0.4, 0.5) is 0 Å². The number of amidine groups is 1. The number of aromatic nitrogens is 4. The second-order valence-electron chi connectivity index (χ2n) is 7.20. The number of nitrogens with one attached hydrogen (secondary N) is 3. The first-order valence-corrected chi connectivity index (χ1v) is 10.2. The van der Waals surface area contributed by atoms with Crippen LogP contribution < -0.4 is 15.2 Å². The van der Waals surface area contributed by atoms with Crippen LogP contribution in [0, 0.1) is 5.41 Å². The number of nitrogens with two attached hydrogens (primary N) is 1. The normalized spacial score (nSPS) is 11.2. The van der Waals surface area contributed by atoms with Gasteiger partial charge in [-0.1, -0.05) is 17.7 Å². The Labute approximate surface area is 187 Å². The van der Waals surface area contributed by atoms with E-state index < -0.39 is 0 Å². The minimum absolute atomic E-state index is 0.0212. The van der Waals surface area contributed by atoms with E-state index in [4.69, 9.17) is 37.2 Å². The van der Waals surface area contributed by atoms with Crippen molar-refractivity contribution in [1.82, 2.24) is 19.9 Å². The van der Waals surface area contributed by atoms with Gasteiger partial charge in [-0.25, -0.2) is 9.97 Å². The number of halogens is 1. The van der Waals surface area contributed by atoms with Crippen molar-refractivity contribution < 1.29 is 9.47 Å². The highest BCUT2D eigenvalue weighted by atomic mass is 35.5. The summed E-state index contributed by atoms with van der Waals surface area (Å²) < 4.78 is 11.4. The molecule has 0 aliphatic carbocycles. The fourth-order valence-electron chi connectivity index (χ4n) is 3.42. The molecule has 2 heterocycles. The van der Waals surface area contributed by atoms with Crippen LogP contribution in [0.2, 0.25) is 5.02 Å². The molecule has 0 aliphatic rings. The Morgan fingerprint density at radius 1 is 0.938 bits per heavy atom. The van der Waals surface area contributed by atoms with Gasteiger partial charge in [0.05, 0.1) is 23.0 Å². The third kappa shape index (κ3) is 4.08. The summed E-state index contributed by atoms with van der Waals surface area (Å²) >= 11 is 5.89. The van der Waals surface area contributed by atoms with E-state index in [1.54, 1.807) is 30.3 Å². The largest absolute Gasteiger partial charge is 0.457 e. The lowest BCUT2D eigenvalue weighted by Crippen LogP contribution is -2.10. The van der Waals surface area contributed by atoms with Gasteiger partial charge in [-0.3, -0.25) is 5.41 Å². The molecule has 3 aromatic carbocycles. The van der Waals surface area contributed by atoms with E-state index in [0.717, 1.165) is 33.7 Å². The maximum atomic E-state index is 7.59. The zero-order chi connectivity index (χ0) is 22.1. The minimum Gasteiger partial charge on any atom is -0.457 e. The molecule has 0 fully saturated rings. The molecule has 0 atom stereocenters. The van der Waals surface area contributed by atoms with Crippen molar-refractivity contribution in [3.8, 4) is 11.5 Å². The van der Waals surface area contributed by atoms with Crippen LogP contribution in [-0.2, 0) is 6.42 Å². The van der Waals surface area contributed by atoms with Crippen molar-refractivity contribution in [2.24, 2.45) is 5.73 Å². The number of nitrogen functional groups attached to an aromatic ring is 1. The van der Waals surface area contributed by atoms with Crippen molar-refractivity contribution in [2.75, 3.05) is 6.79 Å². The smallest absolute Gasteiger partial charge is 0.231 e. The molecule has 9 heteroatoms. The van der Waals surface area contributed by atoms with E-state index in [0.29, 0.717) is 28.5 Å². The first kappa shape index (κ1) is 19.9. The summed E-state index contributed by atoms with van der Waals surface area (Å²) in [5.74, 6) is 2.82. The highest BCUT2D eigenvalue weighted by Crippen LogP contribution is 2.25. The van der Waals surface area contributed by atoms with Crippen LogP contribution in [-0.4, -0.2) is 32.6 Å². The lowest BCUT2D eigenvalue weighted by Gasteiger charge is -2.08. The van der Waals surface area contributed by atoms with Crippen molar-refractivity contribution in [3.05, 3.63) is 82.9 Å². The first-order valence-electron chi connectivity index (χ1n) is 9.87. The number of aromatic amines is 2. The number of benzene rings is 3. The lowest BCUT2D eigenvalue weighted by molar-refractivity contribution is 0.121. The fourth-order valence-corrected chi connectivity index (χ4v) is 3.55. The monoisotopic (exact) mass is 446 g/mol. The number of hydrogen-bond donors (Lipinski definition) is 4. The number of H-pyrrole nitrogens is 2. The molecule has 0 spiro atoms. The van der Waals surface area contributed by atoms with Crippen LogP contribution in [0.3, 0.4) is 0 Å². The van der Waals surface area contributed by atoms with Crippen LogP contribution in [0.1, 0.15) is 17.2 Å². The second kappa shape index (κ2) is 8.24. The molecular formula is C23H19ClN6O2. The number of nitrogens with zero attached hydrogens (tertiary/aromatic N) is 2. The number of imidazole rings is 2. The predicted octanol–water partition coefficient (Wildman–Crippen LogP) is 4.38. The Balaban J connectivity index is 1.33. The van der Waals surface area contributed by atoms with Gasteiger partial charge in [0.2, 0.25) is 6.79 Å². The summed E-state index contributed by atoms with van der Waals surface area (Å²) in [6, 6.07) is 18.2. The Kier molecular flexibility index (Phi) is 5.12. The summed E-state index contributed by atoms with van der Waals surface area (Å²) in [6.07, 6.45) is 0.486. The number of hydrogen-bond acceptors (Lipinski definition) is 5. The van der Waals surface area contributed by atoms with Gasteiger partial charge in [0.15, 0.2) is 5.75 Å². The average Bonchev–Trinajstić information content (AvgIpc) is 3.38. The topological polar surface area (TPSA) is 126 Å². The molecule has 160 valence electrons. The summed E-state index contributed by atoms with van der Waals surface area (Å²) in [5.41, 5.74) is 9.44. The SMILES string of the molecule is N=C(N)c1ccc2nc(Cc3nc4c(OCOc5ccc(Cl)cc5)cccc4[nH]3)[nH]c2c1. The molecule has 0 aliphatic heterocycles. The first-order chi connectivity index (χ1) is 15.5. The number of fused-ring (bicyclic) bond motifs is 2. The van der Waals surface area contributed by atoms with Crippen molar-refractivity contribution in [3.63, 3.8) is 0 Å². The van der Waals surface area contributed by atoms with Crippen LogP contribution in [0.25, 0.3) is 22.1 Å². The molecular weight excluding hydrogens is 428 g/mol. The van der Waals surface area contributed by atoms with E-state index >= 15 is 0 Å². The number of para-hydroxylation sites is 1. The molecule has 0 bridgehead atoms. The second-order valence-corrected chi connectivity index (χ2v) is 7.64. The zero-order valence-corrected chi connectivity index (χ0v) is 17.6. The van der Waals surface area contributed by atoms with E-state index in [1.807, 2.05) is 30.3 Å². The van der Waals surface area contributed by atoms with Crippen molar-refractivity contribution >= 4 is 39.5 Å². The molecule has 8 nitrogen and oxygen atoms in total. The Hall–Kier alpha value is -4.04. The summed E-state index contributed by atoms with van der Waals surface area (Å²) in [7, 11) is 0. The molecule has 0 saturated carbocycles. The van der Waals surface area contributed by atoms with Crippen LogP contribution in [0.5, 0.6) is 11.5 Å². The van der Waals surface area contributed by atoms with Gasteiger partial charge in [-0.15, -0.1) is 0 Å². The quantitative estimate of drug-likeness (QED) is 0.168. The molecule has 0 saturated heterocycles. The average molecular weight is 447 g/mol. The van der Waals surface area contributed by atoms with Gasteiger partial charge in [0.25, 0.3) is 0 Å². The van der Waals surface area contributed by atoms with Gasteiger partial charge in [-0.2, -0.15) is 0 Å². The van der Waals surface area contributed by atoms with E-state index in [1.165, 1.54) is 0 Å². The molecule has 0 radical (unpaired) electrons. The minimum atomic E-state index is 0.0212. The van der Waals surface area contributed by atoms with E-state index in [2.05, 4.69) is 15.0 Å². The summed E-state index contributed by atoms with van der Waals surface area (Å²) in [5, 5.41) is 8.24. The van der Waals surface area contributed by atoms with Crippen molar-refractivity contribution in [1.29, 1.82) is 5.41 Å². The number of ether oxygens (including phenoxy) is 2. The van der Waals surface area contributed by atoms with Crippen LogP contribution in [0.15, 0.2) is 60.7 Å². The highest BCUT2D eigenvalue weighted by molar-refractivity contribution is 6.30. The number of rotatable bonds is 7.